The number of aliphatic carboxylic acids is 1. The third-order valence-corrected chi connectivity index (χ3v) is 4.87. The number of methoxy groups -OCH3 is 1. The molecule has 1 aromatic heterocycles. The Morgan fingerprint density at radius 1 is 1.10 bits per heavy atom. The highest BCUT2D eigenvalue weighted by molar-refractivity contribution is 5.94. The van der Waals surface area contributed by atoms with Crippen LogP contribution in [-0.2, 0) is 33.6 Å². The second kappa shape index (κ2) is 10.4. The molecule has 1 N–H and O–H groups in total. The Morgan fingerprint density at radius 2 is 1.81 bits per heavy atom. The minimum atomic E-state index is -1.23. The number of carbonyl (C=O) groups is 2. The van der Waals surface area contributed by atoms with Crippen LogP contribution in [0.3, 0.4) is 0 Å². The summed E-state index contributed by atoms with van der Waals surface area (Å²) in [5, 5.41) is 9.19. The standard InChI is InChI=1S/C24H25NO6/c1-3-21-20(25-22(31-21)17-7-5-4-6-8-17)13-14-30-18-11-9-16(10-12-18)15-19(23(26)27)24(28)29-2/h4-12,19H,3,13-15H2,1-2H3,(H,26,27). The van der Waals surface area contributed by atoms with Gasteiger partial charge in [0.1, 0.15) is 11.5 Å². The topological polar surface area (TPSA) is 98.9 Å². The molecule has 162 valence electrons. The zero-order chi connectivity index (χ0) is 22.2. The van der Waals surface area contributed by atoms with Gasteiger partial charge in [0.25, 0.3) is 0 Å². The average Bonchev–Trinajstić information content (AvgIpc) is 3.21. The van der Waals surface area contributed by atoms with E-state index in [0.29, 0.717) is 30.2 Å². The summed E-state index contributed by atoms with van der Waals surface area (Å²) in [5.41, 5.74) is 2.52. The van der Waals surface area contributed by atoms with Crippen molar-refractivity contribution >= 4 is 11.9 Å². The Labute approximate surface area is 180 Å². The van der Waals surface area contributed by atoms with Crippen LogP contribution in [0.15, 0.2) is 59.0 Å². The van der Waals surface area contributed by atoms with Crippen LogP contribution in [0, 0.1) is 5.92 Å². The van der Waals surface area contributed by atoms with E-state index in [1.807, 2.05) is 37.3 Å². The summed E-state index contributed by atoms with van der Waals surface area (Å²) in [6, 6.07) is 16.8. The number of hydrogen-bond donors (Lipinski definition) is 1. The number of carboxylic acid groups (broad SMARTS) is 1. The Kier molecular flexibility index (Phi) is 7.43. The van der Waals surface area contributed by atoms with Crippen LogP contribution in [-0.4, -0.2) is 35.7 Å². The SMILES string of the molecule is CCc1oc(-c2ccccc2)nc1CCOc1ccc(CC(C(=O)O)C(=O)OC)cc1. The molecule has 7 heteroatoms. The molecular formula is C24H25NO6. The summed E-state index contributed by atoms with van der Waals surface area (Å²) >= 11 is 0. The molecule has 0 fully saturated rings. The Hall–Kier alpha value is -3.61. The summed E-state index contributed by atoms with van der Waals surface area (Å²) in [6.45, 7) is 2.45. The first-order valence-corrected chi connectivity index (χ1v) is 10.1. The number of rotatable bonds is 10. The van der Waals surface area contributed by atoms with E-state index in [1.54, 1.807) is 24.3 Å². The van der Waals surface area contributed by atoms with Crippen LogP contribution < -0.4 is 4.74 Å². The van der Waals surface area contributed by atoms with Crippen LogP contribution >= 0.6 is 0 Å². The minimum Gasteiger partial charge on any atom is -0.493 e. The largest absolute Gasteiger partial charge is 0.493 e. The number of carbonyl (C=O) groups excluding carboxylic acids is 1. The lowest BCUT2D eigenvalue weighted by Gasteiger charge is -2.11. The molecule has 1 atom stereocenters. The molecule has 31 heavy (non-hydrogen) atoms. The van der Waals surface area contributed by atoms with Crippen LogP contribution in [0.2, 0.25) is 0 Å². The lowest BCUT2D eigenvalue weighted by Crippen LogP contribution is -2.27. The summed E-state index contributed by atoms with van der Waals surface area (Å²) in [4.78, 5) is 27.5. The molecule has 3 aromatic rings. The molecule has 0 bridgehead atoms. The fourth-order valence-corrected chi connectivity index (χ4v) is 3.20. The summed E-state index contributed by atoms with van der Waals surface area (Å²) in [6.07, 6.45) is 1.41. The van der Waals surface area contributed by atoms with Crippen molar-refractivity contribution in [2.75, 3.05) is 13.7 Å². The van der Waals surface area contributed by atoms with Gasteiger partial charge < -0.3 is 19.0 Å². The van der Waals surface area contributed by atoms with Gasteiger partial charge in [0.05, 0.1) is 19.4 Å². The molecule has 0 radical (unpaired) electrons. The van der Waals surface area contributed by atoms with Gasteiger partial charge in [0.2, 0.25) is 5.89 Å². The molecule has 1 unspecified atom stereocenters. The molecule has 0 aliphatic rings. The van der Waals surface area contributed by atoms with Gasteiger partial charge in [-0.2, -0.15) is 0 Å². The molecule has 1 heterocycles. The van der Waals surface area contributed by atoms with Crippen molar-refractivity contribution in [2.45, 2.75) is 26.2 Å². The molecule has 0 aliphatic heterocycles. The first-order valence-electron chi connectivity index (χ1n) is 10.1. The number of benzene rings is 2. The fourth-order valence-electron chi connectivity index (χ4n) is 3.20. The number of ether oxygens (including phenoxy) is 2. The summed E-state index contributed by atoms with van der Waals surface area (Å²) < 4.78 is 16.3. The quantitative estimate of drug-likeness (QED) is 0.389. The second-order valence-electron chi connectivity index (χ2n) is 6.97. The van der Waals surface area contributed by atoms with Gasteiger partial charge in [-0.3, -0.25) is 9.59 Å². The zero-order valence-corrected chi connectivity index (χ0v) is 17.5. The highest BCUT2D eigenvalue weighted by Crippen LogP contribution is 2.23. The van der Waals surface area contributed by atoms with Gasteiger partial charge >= 0.3 is 11.9 Å². The van der Waals surface area contributed by atoms with Gasteiger partial charge in [0, 0.05) is 18.4 Å². The van der Waals surface area contributed by atoms with Gasteiger partial charge in [-0.1, -0.05) is 37.3 Å². The van der Waals surface area contributed by atoms with Crippen LogP contribution in [0.1, 0.15) is 23.9 Å². The Morgan fingerprint density at radius 3 is 2.42 bits per heavy atom. The molecular weight excluding hydrogens is 398 g/mol. The summed E-state index contributed by atoms with van der Waals surface area (Å²) in [5.74, 6) is -1.09. The van der Waals surface area contributed by atoms with Gasteiger partial charge in [0.15, 0.2) is 5.92 Å². The predicted octanol–water partition coefficient (Wildman–Crippen LogP) is 3.94. The highest BCUT2D eigenvalue weighted by atomic mass is 16.5. The van der Waals surface area contributed by atoms with E-state index in [1.165, 1.54) is 7.11 Å². The van der Waals surface area contributed by atoms with E-state index in [9.17, 15) is 14.7 Å². The molecule has 0 spiro atoms. The van der Waals surface area contributed by atoms with Crippen molar-refractivity contribution in [3.05, 3.63) is 71.6 Å². The maximum absolute atomic E-state index is 11.6. The fraction of sp³-hybridized carbons (Fsp3) is 0.292. The van der Waals surface area contributed by atoms with E-state index in [2.05, 4.69) is 9.72 Å². The molecule has 0 aliphatic carbocycles. The molecule has 7 nitrogen and oxygen atoms in total. The smallest absolute Gasteiger partial charge is 0.320 e. The van der Waals surface area contributed by atoms with E-state index < -0.39 is 17.9 Å². The summed E-state index contributed by atoms with van der Waals surface area (Å²) in [7, 11) is 1.18. The van der Waals surface area contributed by atoms with Crippen LogP contribution in [0.4, 0.5) is 0 Å². The second-order valence-corrected chi connectivity index (χ2v) is 6.97. The molecule has 3 rings (SSSR count). The predicted molar refractivity (Wildman–Crippen MR) is 114 cm³/mol. The number of esters is 1. The Balaban J connectivity index is 1.58. The zero-order valence-electron chi connectivity index (χ0n) is 17.5. The normalized spacial score (nSPS) is 11.7. The van der Waals surface area contributed by atoms with Gasteiger partial charge in [-0.15, -0.1) is 0 Å². The highest BCUT2D eigenvalue weighted by Gasteiger charge is 2.27. The van der Waals surface area contributed by atoms with E-state index in [4.69, 9.17) is 9.15 Å². The molecule has 0 saturated heterocycles. The van der Waals surface area contributed by atoms with Crippen molar-refractivity contribution in [3.63, 3.8) is 0 Å². The number of hydrogen-bond acceptors (Lipinski definition) is 6. The molecule has 0 amide bonds. The van der Waals surface area contributed by atoms with Crippen molar-refractivity contribution in [1.82, 2.24) is 4.98 Å². The van der Waals surface area contributed by atoms with E-state index in [0.717, 1.165) is 23.4 Å². The van der Waals surface area contributed by atoms with Crippen LogP contribution in [0.5, 0.6) is 5.75 Å². The van der Waals surface area contributed by atoms with Crippen molar-refractivity contribution in [3.8, 4) is 17.2 Å². The van der Waals surface area contributed by atoms with Crippen LogP contribution in [0.25, 0.3) is 11.5 Å². The lowest BCUT2D eigenvalue weighted by atomic mass is 9.99. The van der Waals surface area contributed by atoms with E-state index in [-0.39, 0.29) is 6.42 Å². The van der Waals surface area contributed by atoms with Gasteiger partial charge in [-0.05, 0) is 36.2 Å². The maximum Gasteiger partial charge on any atom is 0.320 e. The molecule has 2 aromatic carbocycles. The van der Waals surface area contributed by atoms with Gasteiger partial charge in [-0.25, -0.2) is 4.98 Å². The lowest BCUT2D eigenvalue weighted by molar-refractivity contribution is -0.156. The average molecular weight is 423 g/mol. The monoisotopic (exact) mass is 423 g/mol. The Bertz CT molecular complexity index is 1010. The minimum absolute atomic E-state index is 0.0589. The number of nitrogens with zero attached hydrogens (tertiary/aromatic N) is 1. The van der Waals surface area contributed by atoms with Crippen molar-refractivity contribution in [2.24, 2.45) is 5.92 Å². The first kappa shape index (κ1) is 22.1. The van der Waals surface area contributed by atoms with Crippen molar-refractivity contribution in [1.29, 1.82) is 0 Å². The number of oxazole rings is 1. The maximum atomic E-state index is 11.6. The third kappa shape index (κ3) is 5.72. The third-order valence-electron chi connectivity index (χ3n) is 4.87. The number of carboxylic acids is 1. The number of aryl methyl sites for hydroxylation is 1. The van der Waals surface area contributed by atoms with Crippen molar-refractivity contribution < 1.29 is 28.6 Å². The molecule has 0 saturated carbocycles. The number of aromatic nitrogens is 1. The first-order chi connectivity index (χ1) is 15.0. The van der Waals surface area contributed by atoms with E-state index >= 15 is 0 Å².